The number of rotatable bonds is 10. The summed E-state index contributed by atoms with van der Waals surface area (Å²) in [6, 6.07) is 23.3. The lowest BCUT2D eigenvalue weighted by molar-refractivity contribution is 0.306. The summed E-state index contributed by atoms with van der Waals surface area (Å²) in [5, 5.41) is 15.6. The molecule has 3 aromatic carbocycles. The number of nitrogens with zero attached hydrogens (tertiary/aromatic N) is 4. The average Bonchev–Trinajstić information content (AvgIpc) is 3.24. The fourth-order valence-corrected chi connectivity index (χ4v) is 4.40. The van der Waals surface area contributed by atoms with Gasteiger partial charge in [0, 0.05) is 33.3 Å². The molecule has 174 valence electrons. The highest BCUT2D eigenvalue weighted by atomic mass is 35.5. The summed E-state index contributed by atoms with van der Waals surface area (Å²) in [4.78, 5) is 0. The topological polar surface area (TPSA) is 52.3 Å². The molecular weight excluding hydrogens is 487 g/mol. The van der Waals surface area contributed by atoms with E-state index in [-0.39, 0.29) is 0 Å². The first-order valence-electron chi connectivity index (χ1n) is 10.9. The predicted octanol–water partition coefficient (Wildman–Crippen LogP) is 7.29. The summed E-state index contributed by atoms with van der Waals surface area (Å²) in [6.07, 6.45) is 3.53. The van der Waals surface area contributed by atoms with Gasteiger partial charge in [-0.3, -0.25) is 0 Å². The standard InChI is InChI=1S/C26H24Cl2N4OS/c1-2-7-25-30-31-26(34-18-19-12-14-22(27)15-13-19)32(25)29-16-20-8-4-6-11-24(20)33-17-21-9-3-5-10-23(21)28/h3-6,8-16H,2,7,17-18H2,1H3/b29-16-. The van der Waals surface area contributed by atoms with Crippen LogP contribution in [0.3, 0.4) is 0 Å². The Morgan fingerprint density at radius 2 is 1.74 bits per heavy atom. The van der Waals surface area contributed by atoms with Gasteiger partial charge < -0.3 is 4.74 Å². The second-order valence-electron chi connectivity index (χ2n) is 7.54. The Hall–Kier alpha value is -2.80. The summed E-state index contributed by atoms with van der Waals surface area (Å²) >= 11 is 13.9. The maximum Gasteiger partial charge on any atom is 0.212 e. The first-order chi connectivity index (χ1) is 16.6. The molecule has 34 heavy (non-hydrogen) atoms. The largest absolute Gasteiger partial charge is 0.488 e. The fourth-order valence-electron chi connectivity index (χ4n) is 3.22. The van der Waals surface area contributed by atoms with Crippen LogP contribution in [-0.2, 0) is 18.8 Å². The highest BCUT2D eigenvalue weighted by Crippen LogP contribution is 2.24. The summed E-state index contributed by atoms with van der Waals surface area (Å²) in [5.41, 5.74) is 2.95. The summed E-state index contributed by atoms with van der Waals surface area (Å²) in [6.45, 7) is 2.49. The van der Waals surface area contributed by atoms with E-state index in [4.69, 9.17) is 33.0 Å². The number of thioether (sulfide) groups is 1. The van der Waals surface area contributed by atoms with E-state index in [1.807, 2.05) is 77.5 Å². The third-order valence-corrected chi connectivity index (χ3v) is 6.61. The molecule has 0 fully saturated rings. The van der Waals surface area contributed by atoms with Crippen LogP contribution in [0.25, 0.3) is 0 Å². The molecular formula is C26H24Cl2N4OS. The van der Waals surface area contributed by atoms with Crippen LogP contribution in [0.5, 0.6) is 5.75 Å². The van der Waals surface area contributed by atoms with Gasteiger partial charge in [0.15, 0.2) is 5.82 Å². The van der Waals surface area contributed by atoms with Crippen LogP contribution in [0.2, 0.25) is 10.0 Å². The minimum Gasteiger partial charge on any atom is -0.488 e. The minimum atomic E-state index is 0.375. The zero-order valence-electron chi connectivity index (χ0n) is 18.7. The normalized spacial score (nSPS) is 11.3. The third-order valence-electron chi connectivity index (χ3n) is 5.00. The number of para-hydroxylation sites is 1. The smallest absolute Gasteiger partial charge is 0.212 e. The van der Waals surface area contributed by atoms with E-state index in [1.165, 1.54) is 0 Å². The van der Waals surface area contributed by atoms with Crippen molar-refractivity contribution in [1.82, 2.24) is 14.9 Å². The highest BCUT2D eigenvalue weighted by Gasteiger charge is 2.12. The maximum absolute atomic E-state index is 6.27. The van der Waals surface area contributed by atoms with Gasteiger partial charge in [-0.05, 0) is 42.3 Å². The van der Waals surface area contributed by atoms with Crippen molar-refractivity contribution < 1.29 is 4.74 Å². The molecule has 5 nitrogen and oxygen atoms in total. The molecule has 0 N–H and O–H groups in total. The van der Waals surface area contributed by atoms with Crippen molar-refractivity contribution in [2.45, 2.75) is 37.3 Å². The molecule has 0 unspecified atom stereocenters. The van der Waals surface area contributed by atoms with Crippen LogP contribution >= 0.6 is 35.0 Å². The summed E-state index contributed by atoms with van der Waals surface area (Å²) in [5.74, 6) is 2.30. The summed E-state index contributed by atoms with van der Waals surface area (Å²) in [7, 11) is 0. The molecule has 0 aliphatic rings. The van der Waals surface area contributed by atoms with Crippen LogP contribution < -0.4 is 4.74 Å². The Morgan fingerprint density at radius 3 is 2.53 bits per heavy atom. The lowest BCUT2D eigenvalue weighted by atomic mass is 10.2. The molecule has 4 aromatic rings. The van der Waals surface area contributed by atoms with Crippen molar-refractivity contribution in [2.75, 3.05) is 0 Å². The molecule has 8 heteroatoms. The lowest BCUT2D eigenvalue weighted by Gasteiger charge is -2.10. The van der Waals surface area contributed by atoms with E-state index < -0.39 is 0 Å². The molecule has 0 amide bonds. The summed E-state index contributed by atoms with van der Waals surface area (Å²) < 4.78 is 7.88. The molecule has 0 spiro atoms. The Kier molecular flexibility index (Phi) is 8.63. The van der Waals surface area contributed by atoms with Gasteiger partial charge in [0.2, 0.25) is 5.16 Å². The van der Waals surface area contributed by atoms with E-state index >= 15 is 0 Å². The fraction of sp³-hybridized carbons (Fsp3) is 0.192. The molecule has 0 radical (unpaired) electrons. The van der Waals surface area contributed by atoms with E-state index in [2.05, 4.69) is 17.1 Å². The zero-order chi connectivity index (χ0) is 23.8. The van der Waals surface area contributed by atoms with Gasteiger partial charge in [0.25, 0.3) is 0 Å². The third kappa shape index (κ3) is 6.41. The first-order valence-corrected chi connectivity index (χ1v) is 12.7. The van der Waals surface area contributed by atoms with E-state index in [0.29, 0.717) is 11.6 Å². The second kappa shape index (κ2) is 12.1. The van der Waals surface area contributed by atoms with Crippen molar-refractivity contribution in [3.63, 3.8) is 0 Å². The van der Waals surface area contributed by atoms with E-state index in [0.717, 1.165) is 57.0 Å². The highest BCUT2D eigenvalue weighted by molar-refractivity contribution is 7.98. The van der Waals surface area contributed by atoms with Gasteiger partial charge >= 0.3 is 0 Å². The quantitative estimate of drug-likeness (QED) is 0.166. The first kappa shape index (κ1) is 24.3. The number of halogens is 2. The Labute approximate surface area is 213 Å². The van der Waals surface area contributed by atoms with Crippen LogP contribution in [0, 0.1) is 0 Å². The van der Waals surface area contributed by atoms with Crippen LogP contribution in [-0.4, -0.2) is 21.1 Å². The number of aromatic nitrogens is 3. The monoisotopic (exact) mass is 510 g/mol. The molecule has 0 aliphatic heterocycles. The van der Waals surface area contributed by atoms with Crippen molar-refractivity contribution in [2.24, 2.45) is 5.10 Å². The van der Waals surface area contributed by atoms with Gasteiger partial charge in [-0.2, -0.15) is 9.78 Å². The number of ether oxygens (including phenoxy) is 1. The van der Waals surface area contributed by atoms with Crippen LogP contribution in [0.15, 0.2) is 83.1 Å². The number of benzene rings is 3. The SMILES string of the molecule is CCCc1nnc(SCc2ccc(Cl)cc2)n1/N=C\c1ccccc1OCc1ccccc1Cl. The lowest BCUT2D eigenvalue weighted by Crippen LogP contribution is -2.02. The Bertz CT molecular complexity index is 1260. The molecule has 0 bridgehead atoms. The van der Waals surface area contributed by atoms with Crippen molar-refractivity contribution >= 4 is 41.2 Å². The zero-order valence-corrected chi connectivity index (χ0v) is 21.0. The Morgan fingerprint density at radius 1 is 0.971 bits per heavy atom. The maximum atomic E-state index is 6.27. The molecule has 0 saturated heterocycles. The molecule has 1 aromatic heterocycles. The van der Waals surface area contributed by atoms with E-state index in [9.17, 15) is 0 Å². The number of hydrogen-bond donors (Lipinski definition) is 0. The van der Waals surface area contributed by atoms with Crippen LogP contribution in [0.4, 0.5) is 0 Å². The van der Waals surface area contributed by atoms with Crippen molar-refractivity contribution in [3.8, 4) is 5.75 Å². The predicted molar refractivity (Wildman–Crippen MR) is 140 cm³/mol. The molecule has 0 atom stereocenters. The second-order valence-corrected chi connectivity index (χ2v) is 9.32. The van der Waals surface area contributed by atoms with Crippen molar-refractivity contribution in [3.05, 3.63) is 105 Å². The molecule has 0 aliphatic carbocycles. The minimum absolute atomic E-state index is 0.375. The number of aryl methyl sites for hydroxylation is 1. The van der Waals surface area contributed by atoms with Gasteiger partial charge in [-0.1, -0.05) is 84.4 Å². The molecule has 1 heterocycles. The molecule has 4 rings (SSSR count). The van der Waals surface area contributed by atoms with Crippen LogP contribution in [0.1, 0.15) is 35.9 Å². The van der Waals surface area contributed by atoms with Gasteiger partial charge in [-0.25, -0.2) is 0 Å². The molecule has 0 saturated carbocycles. The van der Waals surface area contributed by atoms with Gasteiger partial charge in [0.05, 0.1) is 6.21 Å². The average molecular weight is 511 g/mol. The van der Waals surface area contributed by atoms with Gasteiger partial charge in [-0.15, -0.1) is 10.2 Å². The number of hydrogen-bond acceptors (Lipinski definition) is 5. The van der Waals surface area contributed by atoms with Gasteiger partial charge in [0.1, 0.15) is 12.4 Å². The van der Waals surface area contributed by atoms with E-state index in [1.54, 1.807) is 18.0 Å². The van der Waals surface area contributed by atoms with Crippen molar-refractivity contribution in [1.29, 1.82) is 0 Å². The Balaban J connectivity index is 1.53.